The maximum Gasteiger partial charge on any atom is 0.239 e. The standard InChI is InChI=1S/C17H29N3O/c1-6-20(12-17(21)19-14(4)5)16-10-8-7-9-15(16)11-18-13(2)3/h7-10,13-14,18H,6,11-12H2,1-5H3,(H,19,21). The van der Waals surface area contributed by atoms with Gasteiger partial charge in [-0.3, -0.25) is 4.79 Å². The lowest BCUT2D eigenvalue weighted by Crippen LogP contribution is -2.40. The Labute approximate surface area is 128 Å². The van der Waals surface area contributed by atoms with Crippen LogP contribution >= 0.6 is 0 Å². The molecule has 21 heavy (non-hydrogen) atoms. The van der Waals surface area contributed by atoms with E-state index >= 15 is 0 Å². The second kappa shape index (κ2) is 8.67. The first kappa shape index (κ1) is 17.5. The molecule has 0 spiro atoms. The van der Waals surface area contributed by atoms with Gasteiger partial charge in [0, 0.05) is 30.9 Å². The van der Waals surface area contributed by atoms with Crippen LogP contribution in [-0.2, 0) is 11.3 Å². The van der Waals surface area contributed by atoms with Gasteiger partial charge >= 0.3 is 0 Å². The quantitative estimate of drug-likeness (QED) is 0.773. The van der Waals surface area contributed by atoms with Gasteiger partial charge in [-0.1, -0.05) is 32.0 Å². The minimum atomic E-state index is 0.0680. The van der Waals surface area contributed by atoms with Crippen molar-refractivity contribution in [2.75, 3.05) is 18.0 Å². The molecule has 0 heterocycles. The van der Waals surface area contributed by atoms with Gasteiger partial charge in [-0.15, -0.1) is 0 Å². The summed E-state index contributed by atoms with van der Waals surface area (Å²) in [5.74, 6) is 0.0680. The molecule has 0 unspecified atom stereocenters. The topological polar surface area (TPSA) is 44.4 Å². The normalized spacial score (nSPS) is 11.0. The van der Waals surface area contributed by atoms with Gasteiger partial charge in [0.25, 0.3) is 0 Å². The molecule has 1 rings (SSSR count). The monoisotopic (exact) mass is 291 g/mol. The van der Waals surface area contributed by atoms with Crippen LogP contribution in [0.15, 0.2) is 24.3 Å². The molecule has 0 saturated heterocycles. The minimum absolute atomic E-state index is 0.0680. The third-order valence-electron chi connectivity index (χ3n) is 3.20. The highest BCUT2D eigenvalue weighted by Crippen LogP contribution is 2.20. The maximum absolute atomic E-state index is 12.0. The van der Waals surface area contributed by atoms with E-state index < -0.39 is 0 Å². The first-order chi connectivity index (χ1) is 9.93. The lowest BCUT2D eigenvalue weighted by molar-refractivity contribution is -0.120. The van der Waals surface area contributed by atoms with E-state index in [9.17, 15) is 4.79 Å². The Kier molecular flexibility index (Phi) is 7.23. The average Bonchev–Trinajstić information content (AvgIpc) is 2.42. The van der Waals surface area contributed by atoms with Crippen molar-refractivity contribution in [3.05, 3.63) is 29.8 Å². The van der Waals surface area contributed by atoms with Gasteiger partial charge in [-0.2, -0.15) is 0 Å². The molecule has 0 atom stereocenters. The summed E-state index contributed by atoms with van der Waals surface area (Å²) in [7, 11) is 0. The van der Waals surface area contributed by atoms with Gasteiger partial charge in [0.1, 0.15) is 0 Å². The molecule has 2 N–H and O–H groups in total. The number of para-hydroxylation sites is 1. The molecule has 1 aromatic carbocycles. The Morgan fingerprint density at radius 2 is 1.81 bits per heavy atom. The predicted octanol–water partition coefficient (Wildman–Crippen LogP) is 2.54. The molecule has 118 valence electrons. The Balaban J connectivity index is 2.82. The molecule has 4 heteroatoms. The number of nitrogens with one attached hydrogen (secondary N) is 2. The van der Waals surface area contributed by atoms with Crippen LogP contribution in [0.4, 0.5) is 5.69 Å². The second-order valence-electron chi connectivity index (χ2n) is 5.90. The van der Waals surface area contributed by atoms with E-state index in [2.05, 4.69) is 48.4 Å². The number of likely N-dealkylation sites (N-methyl/N-ethyl adjacent to an activating group) is 1. The number of hydrogen-bond acceptors (Lipinski definition) is 3. The van der Waals surface area contributed by atoms with Crippen molar-refractivity contribution in [1.29, 1.82) is 0 Å². The fourth-order valence-corrected chi connectivity index (χ4v) is 2.19. The summed E-state index contributed by atoms with van der Waals surface area (Å²) >= 11 is 0. The number of anilines is 1. The zero-order valence-electron chi connectivity index (χ0n) is 13.9. The van der Waals surface area contributed by atoms with Crippen LogP contribution in [0.1, 0.15) is 40.2 Å². The smallest absolute Gasteiger partial charge is 0.239 e. The highest BCUT2D eigenvalue weighted by atomic mass is 16.2. The molecule has 0 fully saturated rings. The van der Waals surface area contributed by atoms with Gasteiger partial charge in [0.2, 0.25) is 5.91 Å². The fourth-order valence-electron chi connectivity index (χ4n) is 2.19. The van der Waals surface area contributed by atoms with Gasteiger partial charge in [0.15, 0.2) is 0 Å². The summed E-state index contributed by atoms with van der Waals surface area (Å²) in [5, 5.41) is 6.39. The summed E-state index contributed by atoms with van der Waals surface area (Å²) in [6, 6.07) is 8.89. The number of carbonyl (C=O) groups is 1. The molecule has 0 aromatic heterocycles. The Morgan fingerprint density at radius 1 is 1.14 bits per heavy atom. The molecule has 0 aliphatic carbocycles. The Hall–Kier alpha value is -1.55. The number of amides is 1. The van der Waals surface area contributed by atoms with Crippen molar-refractivity contribution in [2.45, 2.75) is 53.2 Å². The maximum atomic E-state index is 12.0. The van der Waals surface area contributed by atoms with E-state index in [1.807, 2.05) is 26.0 Å². The van der Waals surface area contributed by atoms with Gasteiger partial charge in [-0.05, 0) is 32.4 Å². The number of hydrogen-bond donors (Lipinski definition) is 2. The van der Waals surface area contributed by atoms with Gasteiger partial charge in [-0.25, -0.2) is 0 Å². The van der Waals surface area contributed by atoms with Crippen LogP contribution in [0.25, 0.3) is 0 Å². The molecule has 1 aromatic rings. The van der Waals surface area contributed by atoms with Crippen molar-refractivity contribution < 1.29 is 4.79 Å². The molecule has 0 aliphatic rings. The van der Waals surface area contributed by atoms with Crippen LogP contribution in [0.3, 0.4) is 0 Å². The van der Waals surface area contributed by atoms with E-state index in [0.717, 1.165) is 18.8 Å². The van der Waals surface area contributed by atoms with Crippen molar-refractivity contribution >= 4 is 11.6 Å². The largest absolute Gasteiger partial charge is 0.362 e. The van der Waals surface area contributed by atoms with Gasteiger partial charge < -0.3 is 15.5 Å². The summed E-state index contributed by atoms with van der Waals surface area (Å²) in [6.45, 7) is 12.3. The first-order valence-corrected chi connectivity index (χ1v) is 7.79. The Morgan fingerprint density at radius 3 is 2.38 bits per heavy atom. The van der Waals surface area contributed by atoms with E-state index in [4.69, 9.17) is 0 Å². The number of rotatable bonds is 8. The zero-order valence-corrected chi connectivity index (χ0v) is 13.9. The fraction of sp³-hybridized carbons (Fsp3) is 0.588. The van der Waals surface area contributed by atoms with Crippen molar-refractivity contribution in [3.8, 4) is 0 Å². The van der Waals surface area contributed by atoms with Crippen LogP contribution in [-0.4, -0.2) is 31.1 Å². The van der Waals surface area contributed by atoms with Gasteiger partial charge in [0.05, 0.1) is 6.54 Å². The second-order valence-corrected chi connectivity index (χ2v) is 5.90. The van der Waals surface area contributed by atoms with Crippen LogP contribution < -0.4 is 15.5 Å². The third-order valence-corrected chi connectivity index (χ3v) is 3.20. The van der Waals surface area contributed by atoms with E-state index in [1.54, 1.807) is 0 Å². The average molecular weight is 291 g/mol. The highest BCUT2D eigenvalue weighted by Gasteiger charge is 2.13. The van der Waals surface area contributed by atoms with Crippen LogP contribution in [0, 0.1) is 0 Å². The molecule has 1 amide bonds. The van der Waals surface area contributed by atoms with Crippen molar-refractivity contribution in [2.24, 2.45) is 0 Å². The molecular weight excluding hydrogens is 262 g/mol. The minimum Gasteiger partial charge on any atom is -0.362 e. The lowest BCUT2D eigenvalue weighted by atomic mass is 10.1. The molecule has 4 nitrogen and oxygen atoms in total. The summed E-state index contributed by atoms with van der Waals surface area (Å²) in [4.78, 5) is 14.1. The predicted molar refractivity (Wildman–Crippen MR) is 89.6 cm³/mol. The molecular formula is C17H29N3O. The Bertz CT molecular complexity index is 443. The molecule has 0 radical (unpaired) electrons. The van der Waals surface area contributed by atoms with Crippen molar-refractivity contribution in [1.82, 2.24) is 10.6 Å². The number of benzene rings is 1. The van der Waals surface area contributed by atoms with Crippen LogP contribution in [0.2, 0.25) is 0 Å². The van der Waals surface area contributed by atoms with Crippen LogP contribution in [0.5, 0.6) is 0 Å². The van der Waals surface area contributed by atoms with E-state index in [1.165, 1.54) is 5.56 Å². The first-order valence-electron chi connectivity index (χ1n) is 7.79. The molecule has 0 saturated carbocycles. The number of nitrogens with zero attached hydrogens (tertiary/aromatic N) is 1. The van der Waals surface area contributed by atoms with E-state index in [0.29, 0.717) is 12.6 Å². The zero-order chi connectivity index (χ0) is 15.8. The highest BCUT2D eigenvalue weighted by molar-refractivity contribution is 5.81. The third kappa shape index (κ3) is 6.17. The molecule has 0 aliphatic heterocycles. The van der Waals surface area contributed by atoms with Crippen molar-refractivity contribution in [3.63, 3.8) is 0 Å². The number of carbonyl (C=O) groups excluding carboxylic acids is 1. The van der Waals surface area contributed by atoms with E-state index in [-0.39, 0.29) is 11.9 Å². The molecule has 0 bridgehead atoms. The lowest BCUT2D eigenvalue weighted by Gasteiger charge is -2.26. The summed E-state index contributed by atoms with van der Waals surface area (Å²) in [6.07, 6.45) is 0. The SMILES string of the molecule is CCN(CC(=O)NC(C)C)c1ccccc1CNC(C)C. The summed E-state index contributed by atoms with van der Waals surface area (Å²) in [5.41, 5.74) is 2.36. The summed E-state index contributed by atoms with van der Waals surface area (Å²) < 4.78 is 0.